The quantitative estimate of drug-likeness (QED) is 0.443. The van der Waals surface area contributed by atoms with Gasteiger partial charge in [0.2, 0.25) is 0 Å². The average molecular weight is 329 g/mol. The van der Waals surface area contributed by atoms with Gasteiger partial charge < -0.3 is 15.4 Å². The molecule has 0 saturated heterocycles. The van der Waals surface area contributed by atoms with Crippen molar-refractivity contribution in [3.05, 3.63) is 47.8 Å². The normalized spacial score (nSPS) is 11.4. The summed E-state index contributed by atoms with van der Waals surface area (Å²) in [6, 6.07) is 8.12. The third kappa shape index (κ3) is 5.61. The first kappa shape index (κ1) is 17.8. The minimum absolute atomic E-state index is 0.581. The third-order valence-corrected chi connectivity index (χ3v) is 3.61. The molecule has 24 heavy (non-hydrogen) atoms. The van der Waals surface area contributed by atoms with Gasteiger partial charge in [0.15, 0.2) is 5.96 Å². The number of guanidine groups is 1. The van der Waals surface area contributed by atoms with Gasteiger partial charge in [0.1, 0.15) is 5.75 Å². The highest BCUT2D eigenvalue weighted by atomic mass is 16.5. The summed E-state index contributed by atoms with van der Waals surface area (Å²) in [4.78, 5) is 4.65. The van der Waals surface area contributed by atoms with E-state index in [4.69, 9.17) is 4.74 Å². The number of hydrogen-bond donors (Lipinski definition) is 2. The van der Waals surface area contributed by atoms with E-state index in [1.165, 1.54) is 5.56 Å². The van der Waals surface area contributed by atoms with Crippen LogP contribution in [-0.4, -0.2) is 35.9 Å². The van der Waals surface area contributed by atoms with E-state index in [0.717, 1.165) is 43.3 Å². The molecule has 2 rings (SSSR count). The Hall–Kier alpha value is -2.50. The fourth-order valence-electron chi connectivity index (χ4n) is 2.37. The monoisotopic (exact) mass is 329 g/mol. The Morgan fingerprint density at radius 1 is 1.33 bits per heavy atom. The second-order valence-corrected chi connectivity index (χ2v) is 5.56. The first-order valence-electron chi connectivity index (χ1n) is 8.36. The summed E-state index contributed by atoms with van der Waals surface area (Å²) < 4.78 is 7.37. The molecule has 0 bridgehead atoms. The van der Waals surface area contributed by atoms with E-state index in [1.807, 2.05) is 23.0 Å². The van der Waals surface area contributed by atoms with Crippen molar-refractivity contribution in [3.8, 4) is 5.75 Å². The van der Waals surface area contributed by atoms with Crippen LogP contribution in [0.1, 0.15) is 24.5 Å². The summed E-state index contributed by atoms with van der Waals surface area (Å²) in [6.07, 6.45) is 4.76. The molecule has 0 saturated carbocycles. The lowest BCUT2D eigenvalue weighted by Gasteiger charge is -2.12. The fourth-order valence-corrected chi connectivity index (χ4v) is 2.37. The zero-order valence-electron chi connectivity index (χ0n) is 14.7. The third-order valence-electron chi connectivity index (χ3n) is 3.61. The molecule has 1 heterocycles. The van der Waals surface area contributed by atoms with Crippen molar-refractivity contribution in [1.29, 1.82) is 0 Å². The Labute approximate surface area is 143 Å². The maximum atomic E-state index is 5.44. The standard InChI is InChI=1S/C18H27N5O/c1-4-19-18(20-9-5-11-23-12-6-10-22-23)21-14-16-8-7-15(2)13-17(16)24-3/h6-8,10,12-13H,4-5,9,11,14H2,1-3H3,(H2,19,20,21). The molecule has 6 nitrogen and oxygen atoms in total. The van der Waals surface area contributed by atoms with Crippen molar-refractivity contribution in [1.82, 2.24) is 20.4 Å². The lowest BCUT2D eigenvalue weighted by Crippen LogP contribution is -2.38. The number of aryl methyl sites for hydroxylation is 2. The van der Waals surface area contributed by atoms with Crippen LogP contribution in [-0.2, 0) is 13.1 Å². The van der Waals surface area contributed by atoms with Crippen LogP contribution in [0.4, 0.5) is 0 Å². The number of nitrogens with one attached hydrogen (secondary N) is 2. The zero-order chi connectivity index (χ0) is 17.2. The van der Waals surface area contributed by atoms with E-state index in [9.17, 15) is 0 Å². The molecule has 0 unspecified atom stereocenters. The first-order valence-corrected chi connectivity index (χ1v) is 8.36. The molecule has 1 aromatic carbocycles. The van der Waals surface area contributed by atoms with E-state index in [2.05, 4.69) is 46.7 Å². The molecule has 0 aliphatic heterocycles. The Balaban J connectivity index is 1.87. The minimum Gasteiger partial charge on any atom is -0.496 e. The Kier molecular flexibility index (Phi) is 7.14. The molecule has 0 atom stereocenters. The second kappa shape index (κ2) is 9.60. The van der Waals surface area contributed by atoms with Gasteiger partial charge in [-0.15, -0.1) is 0 Å². The SMILES string of the molecule is CCNC(=NCc1ccc(C)cc1OC)NCCCn1cccn1. The van der Waals surface area contributed by atoms with Crippen molar-refractivity contribution >= 4 is 5.96 Å². The van der Waals surface area contributed by atoms with Gasteiger partial charge in [-0.25, -0.2) is 4.99 Å². The van der Waals surface area contributed by atoms with Crippen LogP contribution in [0.5, 0.6) is 5.75 Å². The Morgan fingerprint density at radius 2 is 2.21 bits per heavy atom. The summed E-state index contributed by atoms with van der Waals surface area (Å²) >= 11 is 0. The van der Waals surface area contributed by atoms with Crippen molar-refractivity contribution in [2.45, 2.75) is 33.4 Å². The maximum absolute atomic E-state index is 5.44. The van der Waals surface area contributed by atoms with Crippen molar-refractivity contribution in [2.24, 2.45) is 4.99 Å². The first-order chi connectivity index (χ1) is 11.7. The van der Waals surface area contributed by atoms with Gasteiger partial charge in [0.25, 0.3) is 0 Å². The van der Waals surface area contributed by atoms with Crippen molar-refractivity contribution in [2.75, 3.05) is 20.2 Å². The summed E-state index contributed by atoms with van der Waals surface area (Å²) in [5, 5.41) is 10.8. The van der Waals surface area contributed by atoms with Gasteiger partial charge in [-0.3, -0.25) is 4.68 Å². The lowest BCUT2D eigenvalue weighted by atomic mass is 10.1. The summed E-state index contributed by atoms with van der Waals surface area (Å²) in [6.45, 7) is 7.27. The predicted octanol–water partition coefficient (Wildman–Crippen LogP) is 2.35. The van der Waals surface area contributed by atoms with Crippen LogP contribution in [0.3, 0.4) is 0 Å². The fraction of sp³-hybridized carbons (Fsp3) is 0.444. The van der Waals surface area contributed by atoms with Gasteiger partial charge in [-0.1, -0.05) is 12.1 Å². The Bertz CT molecular complexity index is 637. The summed E-state index contributed by atoms with van der Waals surface area (Å²) in [5.74, 6) is 1.70. The van der Waals surface area contributed by atoms with Crippen LogP contribution in [0.2, 0.25) is 0 Å². The second-order valence-electron chi connectivity index (χ2n) is 5.56. The molecule has 0 radical (unpaired) electrons. The van der Waals surface area contributed by atoms with Crippen molar-refractivity contribution in [3.63, 3.8) is 0 Å². The highest BCUT2D eigenvalue weighted by Crippen LogP contribution is 2.20. The molecule has 2 N–H and O–H groups in total. The highest BCUT2D eigenvalue weighted by Gasteiger charge is 2.03. The number of rotatable bonds is 8. The molecule has 2 aromatic rings. The maximum Gasteiger partial charge on any atom is 0.191 e. The van der Waals surface area contributed by atoms with Gasteiger partial charge in [0.05, 0.1) is 13.7 Å². The highest BCUT2D eigenvalue weighted by molar-refractivity contribution is 5.79. The topological polar surface area (TPSA) is 63.5 Å². The number of methoxy groups -OCH3 is 1. The molecule has 130 valence electrons. The number of benzene rings is 1. The van der Waals surface area contributed by atoms with E-state index in [0.29, 0.717) is 6.54 Å². The molecule has 0 amide bonds. The molecule has 0 aliphatic rings. The minimum atomic E-state index is 0.581. The number of nitrogens with zero attached hydrogens (tertiary/aromatic N) is 3. The van der Waals surface area contributed by atoms with Crippen LogP contribution in [0, 0.1) is 6.92 Å². The zero-order valence-corrected chi connectivity index (χ0v) is 14.7. The van der Waals surface area contributed by atoms with Gasteiger partial charge in [-0.05, 0) is 38.0 Å². The smallest absolute Gasteiger partial charge is 0.191 e. The average Bonchev–Trinajstić information content (AvgIpc) is 3.10. The molecular weight excluding hydrogens is 302 g/mol. The van der Waals surface area contributed by atoms with Crippen LogP contribution < -0.4 is 15.4 Å². The number of hydrogen-bond acceptors (Lipinski definition) is 3. The molecular formula is C18H27N5O. The molecule has 6 heteroatoms. The van der Waals surface area contributed by atoms with Crippen LogP contribution >= 0.6 is 0 Å². The number of aromatic nitrogens is 2. The number of ether oxygens (including phenoxy) is 1. The van der Waals surface area contributed by atoms with E-state index >= 15 is 0 Å². The molecule has 1 aromatic heterocycles. The number of aliphatic imine (C=N–C) groups is 1. The van der Waals surface area contributed by atoms with Gasteiger partial charge in [0, 0.05) is 37.6 Å². The van der Waals surface area contributed by atoms with Crippen molar-refractivity contribution < 1.29 is 4.74 Å². The molecule has 0 spiro atoms. The lowest BCUT2D eigenvalue weighted by molar-refractivity contribution is 0.409. The van der Waals surface area contributed by atoms with E-state index in [-0.39, 0.29) is 0 Å². The summed E-state index contributed by atoms with van der Waals surface area (Å²) in [5.41, 5.74) is 2.26. The van der Waals surface area contributed by atoms with Crippen LogP contribution in [0.25, 0.3) is 0 Å². The largest absolute Gasteiger partial charge is 0.496 e. The predicted molar refractivity (Wildman–Crippen MR) is 97.4 cm³/mol. The summed E-state index contributed by atoms with van der Waals surface area (Å²) in [7, 11) is 1.70. The molecule has 0 aliphatic carbocycles. The molecule has 0 fully saturated rings. The van der Waals surface area contributed by atoms with Crippen LogP contribution in [0.15, 0.2) is 41.7 Å². The Morgan fingerprint density at radius 3 is 2.92 bits per heavy atom. The van der Waals surface area contributed by atoms with E-state index < -0.39 is 0 Å². The van der Waals surface area contributed by atoms with E-state index in [1.54, 1.807) is 13.3 Å². The van der Waals surface area contributed by atoms with Gasteiger partial charge >= 0.3 is 0 Å². The van der Waals surface area contributed by atoms with Gasteiger partial charge in [-0.2, -0.15) is 5.10 Å².